The van der Waals surface area contributed by atoms with E-state index in [2.05, 4.69) is 28.7 Å². The number of aromatic nitrogens is 2. The van der Waals surface area contributed by atoms with Gasteiger partial charge in [0.05, 0.1) is 0 Å². The highest BCUT2D eigenvalue weighted by Crippen LogP contribution is 1.95. The fourth-order valence-electron chi connectivity index (χ4n) is 0.595. The molecule has 0 atom stereocenters. The zero-order chi connectivity index (χ0) is 8.10. The SMILES string of the molecule is [CH2]C#Cc1nccnc1C#N. The van der Waals surface area contributed by atoms with Crippen LogP contribution in [0.1, 0.15) is 11.4 Å². The molecule has 0 saturated heterocycles. The van der Waals surface area contributed by atoms with Crippen molar-refractivity contribution in [1.29, 1.82) is 5.26 Å². The Morgan fingerprint density at radius 1 is 1.27 bits per heavy atom. The molecule has 1 aromatic rings. The molecule has 3 heteroatoms. The molecule has 1 aromatic heterocycles. The summed E-state index contributed by atoms with van der Waals surface area (Å²) in [6, 6.07) is 1.88. The molecule has 0 aliphatic rings. The van der Waals surface area contributed by atoms with Gasteiger partial charge in [-0.1, -0.05) is 5.92 Å². The summed E-state index contributed by atoms with van der Waals surface area (Å²) < 4.78 is 0. The summed E-state index contributed by atoms with van der Waals surface area (Å²) in [6.07, 6.45) is 2.94. The van der Waals surface area contributed by atoms with E-state index >= 15 is 0 Å². The van der Waals surface area contributed by atoms with Gasteiger partial charge >= 0.3 is 0 Å². The summed E-state index contributed by atoms with van der Waals surface area (Å²) in [5.41, 5.74) is 0.619. The maximum atomic E-state index is 8.50. The van der Waals surface area contributed by atoms with E-state index in [1.807, 2.05) is 6.07 Å². The van der Waals surface area contributed by atoms with Gasteiger partial charge in [0.1, 0.15) is 11.8 Å². The van der Waals surface area contributed by atoms with Crippen LogP contribution in [0.5, 0.6) is 0 Å². The van der Waals surface area contributed by atoms with Crippen LogP contribution in [-0.2, 0) is 0 Å². The summed E-state index contributed by atoms with van der Waals surface area (Å²) in [4.78, 5) is 7.60. The molecule has 0 fully saturated rings. The van der Waals surface area contributed by atoms with Crippen LogP contribution in [0.15, 0.2) is 12.4 Å². The van der Waals surface area contributed by atoms with Crippen LogP contribution in [-0.4, -0.2) is 9.97 Å². The van der Waals surface area contributed by atoms with Crippen LogP contribution in [0.25, 0.3) is 0 Å². The van der Waals surface area contributed by atoms with E-state index in [4.69, 9.17) is 5.26 Å². The molecule has 11 heavy (non-hydrogen) atoms. The molecule has 0 aliphatic carbocycles. The monoisotopic (exact) mass is 142 g/mol. The second-order valence-corrected chi connectivity index (χ2v) is 1.67. The van der Waals surface area contributed by atoms with Gasteiger partial charge in [-0.05, 0) is 5.92 Å². The van der Waals surface area contributed by atoms with Crippen molar-refractivity contribution in [3.63, 3.8) is 0 Å². The molecule has 0 bridgehead atoms. The molecular weight excluding hydrogens is 138 g/mol. The highest BCUT2D eigenvalue weighted by Gasteiger charge is 1.97. The van der Waals surface area contributed by atoms with Crippen molar-refractivity contribution in [2.45, 2.75) is 0 Å². The first-order valence-corrected chi connectivity index (χ1v) is 2.87. The van der Waals surface area contributed by atoms with Crippen LogP contribution < -0.4 is 0 Å². The predicted molar refractivity (Wildman–Crippen MR) is 39.0 cm³/mol. The van der Waals surface area contributed by atoms with E-state index in [-0.39, 0.29) is 5.69 Å². The maximum absolute atomic E-state index is 8.50. The topological polar surface area (TPSA) is 49.6 Å². The van der Waals surface area contributed by atoms with Gasteiger partial charge < -0.3 is 0 Å². The summed E-state index contributed by atoms with van der Waals surface area (Å²) in [5, 5.41) is 8.50. The van der Waals surface area contributed by atoms with E-state index in [0.29, 0.717) is 5.69 Å². The van der Waals surface area contributed by atoms with Crippen molar-refractivity contribution < 1.29 is 0 Å². The minimum atomic E-state index is 0.239. The first-order chi connectivity index (χ1) is 5.38. The second-order valence-electron chi connectivity index (χ2n) is 1.67. The largest absolute Gasteiger partial charge is 0.243 e. The van der Waals surface area contributed by atoms with Crippen LogP contribution >= 0.6 is 0 Å². The highest BCUT2D eigenvalue weighted by atomic mass is 14.8. The molecule has 0 aliphatic heterocycles. The molecule has 0 saturated carbocycles. The third-order valence-corrected chi connectivity index (χ3v) is 1.01. The highest BCUT2D eigenvalue weighted by molar-refractivity contribution is 5.38. The summed E-state index contributed by atoms with van der Waals surface area (Å²) in [7, 11) is 0. The smallest absolute Gasteiger partial charge is 0.174 e. The maximum Gasteiger partial charge on any atom is 0.174 e. The van der Waals surface area contributed by atoms with E-state index in [1.54, 1.807) is 0 Å². The summed E-state index contributed by atoms with van der Waals surface area (Å²) >= 11 is 0. The average molecular weight is 142 g/mol. The standard InChI is InChI=1S/C8H4N3/c1-2-3-7-8(6-9)11-5-4-10-7/h4-5H,1H2. The van der Waals surface area contributed by atoms with Crippen LogP contribution in [0.3, 0.4) is 0 Å². The van der Waals surface area contributed by atoms with E-state index in [0.717, 1.165) is 0 Å². The Bertz CT molecular complexity index is 352. The van der Waals surface area contributed by atoms with E-state index in [9.17, 15) is 0 Å². The van der Waals surface area contributed by atoms with Crippen molar-refractivity contribution in [1.82, 2.24) is 9.97 Å². The molecule has 0 amide bonds. The number of nitriles is 1. The van der Waals surface area contributed by atoms with Gasteiger partial charge in [-0.3, -0.25) is 0 Å². The lowest BCUT2D eigenvalue weighted by Gasteiger charge is -1.88. The van der Waals surface area contributed by atoms with Gasteiger partial charge in [0.15, 0.2) is 5.69 Å². The number of hydrogen-bond acceptors (Lipinski definition) is 3. The zero-order valence-corrected chi connectivity index (χ0v) is 5.70. The molecule has 1 rings (SSSR count). The van der Waals surface area contributed by atoms with Crippen LogP contribution in [0.4, 0.5) is 0 Å². The van der Waals surface area contributed by atoms with Gasteiger partial charge in [-0.15, -0.1) is 0 Å². The fourth-order valence-corrected chi connectivity index (χ4v) is 0.595. The van der Waals surface area contributed by atoms with Crippen molar-refractivity contribution in [2.24, 2.45) is 0 Å². The first kappa shape index (κ1) is 7.24. The third-order valence-electron chi connectivity index (χ3n) is 1.01. The summed E-state index contributed by atoms with van der Waals surface area (Å²) in [5.74, 6) is 4.97. The third kappa shape index (κ3) is 1.53. The molecule has 1 radical (unpaired) electrons. The van der Waals surface area contributed by atoms with Crippen molar-refractivity contribution in [2.75, 3.05) is 0 Å². The van der Waals surface area contributed by atoms with Crippen molar-refractivity contribution >= 4 is 0 Å². The van der Waals surface area contributed by atoms with Crippen LogP contribution in [0.2, 0.25) is 0 Å². The Morgan fingerprint density at radius 2 is 1.91 bits per heavy atom. The molecule has 0 aromatic carbocycles. The van der Waals surface area contributed by atoms with Gasteiger partial charge in [0.25, 0.3) is 0 Å². The number of rotatable bonds is 0. The molecule has 0 spiro atoms. The molecule has 0 N–H and O–H groups in total. The quantitative estimate of drug-likeness (QED) is 0.496. The number of nitrogens with zero attached hydrogens (tertiary/aromatic N) is 3. The van der Waals surface area contributed by atoms with Gasteiger partial charge in [0, 0.05) is 19.3 Å². The lowest BCUT2D eigenvalue weighted by molar-refractivity contribution is 1.14. The number of hydrogen-bond donors (Lipinski definition) is 0. The minimum absolute atomic E-state index is 0.239. The van der Waals surface area contributed by atoms with Gasteiger partial charge in [-0.25, -0.2) is 9.97 Å². The lowest BCUT2D eigenvalue weighted by atomic mass is 10.3. The molecule has 0 unspecified atom stereocenters. The van der Waals surface area contributed by atoms with Gasteiger partial charge in [0.2, 0.25) is 0 Å². The molecular formula is C8H4N3. The first-order valence-electron chi connectivity index (χ1n) is 2.87. The normalized spacial score (nSPS) is 7.64. The average Bonchev–Trinajstić information content (AvgIpc) is 2.06. The van der Waals surface area contributed by atoms with Crippen LogP contribution in [0, 0.1) is 30.1 Å². The van der Waals surface area contributed by atoms with Crippen molar-refractivity contribution in [3.8, 4) is 17.9 Å². The van der Waals surface area contributed by atoms with E-state index < -0.39 is 0 Å². The molecule has 51 valence electrons. The van der Waals surface area contributed by atoms with E-state index in [1.165, 1.54) is 12.4 Å². The van der Waals surface area contributed by atoms with Crippen molar-refractivity contribution in [3.05, 3.63) is 30.7 Å². The Hall–Kier alpha value is -1.87. The predicted octanol–water partition coefficient (Wildman–Crippen LogP) is 0.534. The Labute approximate surface area is 64.7 Å². The lowest BCUT2D eigenvalue weighted by Crippen LogP contribution is -1.90. The minimum Gasteiger partial charge on any atom is -0.243 e. The Morgan fingerprint density at radius 3 is 2.45 bits per heavy atom. The molecule has 1 heterocycles. The second kappa shape index (κ2) is 3.34. The Kier molecular flexibility index (Phi) is 2.20. The molecule has 3 nitrogen and oxygen atoms in total. The zero-order valence-electron chi connectivity index (χ0n) is 5.70. The Balaban J connectivity index is 3.22. The summed E-state index contributed by atoms with van der Waals surface area (Å²) in [6.45, 7) is 3.32. The fraction of sp³-hybridized carbons (Fsp3) is 0. The van der Waals surface area contributed by atoms with Gasteiger partial charge in [-0.2, -0.15) is 5.26 Å².